The van der Waals surface area contributed by atoms with E-state index in [1.165, 1.54) is 16.3 Å². The summed E-state index contributed by atoms with van der Waals surface area (Å²) in [6, 6.07) is 12.1. The lowest BCUT2D eigenvalue weighted by atomic mass is 10.1. The molecule has 0 saturated carbocycles. The number of ether oxygens (including phenoxy) is 1. The number of nitrogens with one attached hydrogen (secondary N) is 1. The van der Waals surface area contributed by atoms with Gasteiger partial charge in [-0.15, -0.1) is 0 Å². The summed E-state index contributed by atoms with van der Waals surface area (Å²) in [5.74, 6) is 0.211. The van der Waals surface area contributed by atoms with E-state index in [0.29, 0.717) is 17.9 Å². The van der Waals surface area contributed by atoms with Crippen LogP contribution in [0.15, 0.2) is 42.5 Å². The van der Waals surface area contributed by atoms with E-state index in [2.05, 4.69) is 5.32 Å². The third kappa shape index (κ3) is 7.21. The van der Waals surface area contributed by atoms with Crippen molar-refractivity contribution >= 4 is 27.5 Å². The van der Waals surface area contributed by atoms with E-state index >= 15 is 0 Å². The maximum atomic E-state index is 13.2. The number of hydrogen-bond acceptors (Lipinski definition) is 5. The Morgan fingerprint density at radius 3 is 2.24 bits per heavy atom. The predicted octanol–water partition coefficient (Wildman–Crippen LogP) is 3.02. The molecule has 0 radical (unpaired) electrons. The van der Waals surface area contributed by atoms with Gasteiger partial charge in [0.15, 0.2) is 0 Å². The molecular weight excluding hydrogens is 454 g/mol. The Labute approximate surface area is 202 Å². The molecule has 0 unspecified atom stereocenters. The Bertz CT molecular complexity index is 1100. The lowest BCUT2D eigenvalue weighted by Gasteiger charge is -2.29. The minimum absolute atomic E-state index is 0.106. The van der Waals surface area contributed by atoms with Crippen LogP contribution in [0.4, 0.5) is 5.69 Å². The van der Waals surface area contributed by atoms with Gasteiger partial charge in [-0.05, 0) is 68.1 Å². The number of carbonyl (C=O) groups excluding carboxylic acids is 2. The summed E-state index contributed by atoms with van der Waals surface area (Å²) in [5.41, 5.74) is 3.50. The highest BCUT2D eigenvalue weighted by atomic mass is 32.2. The largest absolute Gasteiger partial charge is 0.497 e. The molecule has 1 atom stereocenters. The molecule has 0 aliphatic rings. The molecule has 2 rings (SSSR count). The number of benzene rings is 2. The molecule has 0 heterocycles. The number of carbonyl (C=O) groups is 2. The molecule has 2 aromatic carbocycles. The van der Waals surface area contributed by atoms with Crippen molar-refractivity contribution in [2.75, 3.05) is 31.3 Å². The normalized spacial score (nSPS) is 12.1. The molecule has 0 aliphatic heterocycles. The van der Waals surface area contributed by atoms with Crippen molar-refractivity contribution in [2.24, 2.45) is 0 Å². The van der Waals surface area contributed by atoms with E-state index in [1.54, 1.807) is 32.2 Å². The molecule has 8 nitrogen and oxygen atoms in total. The number of amides is 2. The van der Waals surface area contributed by atoms with Gasteiger partial charge in [0.25, 0.3) is 0 Å². The molecule has 0 aliphatic carbocycles. The minimum Gasteiger partial charge on any atom is -0.497 e. The fourth-order valence-corrected chi connectivity index (χ4v) is 4.56. The summed E-state index contributed by atoms with van der Waals surface area (Å²) in [6.07, 6.45) is 1.58. The molecule has 0 fully saturated rings. The number of hydrogen-bond donors (Lipinski definition) is 1. The van der Waals surface area contributed by atoms with Crippen LogP contribution >= 0.6 is 0 Å². The maximum absolute atomic E-state index is 13.2. The number of aryl methyl sites for hydroxylation is 2. The van der Waals surface area contributed by atoms with Crippen LogP contribution in [0, 0.1) is 13.8 Å². The first-order valence-corrected chi connectivity index (χ1v) is 13.0. The molecular formula is C25H35N3O5S. The Kier molecular flexibility index (Phi) is 9.49. The second-order valence-corrected chi connectivity index (χ2v) is 10.3. The lowest BCUT2D eigenvalue weighted by molar-refractivity contribution is -0.140. The first-order chi connectivity index (χ1) is 16.0. The zero-order valence-corrected chi connectivity index (χ0v) is 21.6. The lowest BCUT2D eigenvalue weighted by Crippen LogP contribution is -2.46. The van der Waals surface area contributed by atoms with Crippen LogP contribution in [0.5, 0.6) is 5.75 Å². The first-order valence-electron chi connectivity index (χ1n) is 11.2. The fourth-order valence-electron chi connectivity index (χ4n) is 3.60. The van der Waals surface area contributed by atoms with E-state index < -0.39 is 16.1 Å². The average Bonchev–Trinajstić information content (AvgIpc) is 2.80. The van der Waals surface area contributed by atoms with Crippen LogP contribution in [-0.2, 0) is 26.2 Å². The molecule has 34 heavy (non-hydrogen) atoms. The third-order valence-corrected chi connectivity index (χ3v) is 7.05. The zero-order chi connectivity index (χ0) is 25.5. The average molecular weight is 490 g/mol. The highest BCUT2D eigenvalue weighted by Crippen LogP contribution is 2.22. The third-order valence-electron chi connectivity index (χ3n) is 5.86. The Morgan fingerprint density at radius 1 is 1.06 bits per heavy atom. The van der Waals surface area contributed by atoms with Crippen LogP contribution in [0.2, 0.25) is 0 Å². The molecule has 0 spiro atoms. The van der Waals surface area contributed by atoms with Gasteiger partial charge in [0.1, 0.15) is 11.8 Å². The van der Waals surface area contributed by atoms with E-state index in [1.807, 2.05) is 38.1 Å². The minimum atomic E-state index is -3.52. The van der Waals surface area contributed by atoms with Crippen LogP contribution in [-0.4, -0.2) is 58.1 Å². The van der Waals surface area contributed by atoms with E-state index in [0.717, 1.165) is 22.9 Å². The van der Waals surface area contributed by atoms with Crippen LogP contribution in [0.25, 0.3) is 0 Å². The van der Waals surface area contributed by atoms with Gasteiger partial charge in [0.05, 0.1) is 19.1 Å². The van der Waals surface area contributed by atoms with E-state index in [-0.39, 0.29) is 31.3 Å². The maximum Gasteiger partial charge on any atom is 0.242 e. The van der Waals surface area contributed by atoms with Crippen LogP contribution in [0.1, 0.15) is 36.5 Å². The smallest absolute Gasteiger partial charge is 0.242 e. The summed E-state index contributed by atoms with van der Waals surface area (Å²) < 4.78 is 31.4. The number of likely N-dealkylation sites (N-methyl/N-ethyl adjacent to an activating group) is 1. The molecule has 0 saturated heterocycles. The SMILES string of the molecule is CNC(=O)[C@@H](C)N(Cc1ccc(OC)cc1)C(=O)CCCN(c1ccc(C)c(C)c1)S(C)(=O)=O. The monoisotopic (exact) mass is 489 g/mol. The Hall–Kier alpha value is -3.07. The number of nitrogens with zero attached hydrogens (tertiary/aromatic N) is 2. The van der Waals surface area contributed by atoms with Crippen molar-refractivity contribution in [3.8, 4) is 5.75 Å². The van der Waals surface area contributed by atoms with Gasteiger partial charge in [-0.2, -0.15) is 0 Å². The summed E-state index contributed by atoms with van der Waals surface area (Å²) >= 11 is 0. The summed E-state index contributed by atoms with van der Waals surface area (Å²) in [5, 5.41) is 2.59. The van der Waals surface area contributed by atoms with Crippen molar-refractivity contribution in [1.82, 2.24) is 10.2 Å². The highest BCUT2D eigenvalue weighted by molar-refractivity contribution is 7.92. The molecule has 186 valence electrons. The standard InChI is InChI=1S/C25H35N3O5S/c1-18-9-12-22(16-19(18)2)28(34(6,31)32)15-7-8-24(29)27(20(3)25(30)26-4)17-21-10-13-23(33-5)14-11-21/h9-14,16,20H,7-8,15,17H2,1-6H3,(H,26,30)/t20-/m1/s1. The molecule has 0 aromatic heterocycles. The van der Waals surface area contributed by atoms with E-state index in [4.69, 9.17) is 4.74 Å². The van der Waals surface area contributed by atoms with Crippen molar-refractivity contribution < 1.29 is 22.7 Å². The van der Waals surface area contributed by atoms with Gasteiger partial charge in [0, 0.05) is 26.6 Å². The molecule has 2 amide bonds. The van der Waals surface area contributed by atoms with Crippen molar-refractivity contribution in [2.45, 2.75) is 46.2 Å². The van der Waals surface area contributed by atoms with Crippen molar-refractivity contribution in [3.63, 3.8) is 0 Å². The zero-order valence-electron chi connectivity index (χ0n) is 20.8. The number of sulfonamides is 1. The summed E-state index contributed by atoms with van der Waals surface area (Å²) in [6.45, 7) is 5.99. The number of anilines is 1. The van der Waals surface area contributed by atoms with Crippen LogP contribution < -0.4 is 14.4 Å². The highest BCUT2D eigenvalue weighted by Gasteiger charge is 2.26. The van der Waals surface area contributed by atoms with Gasteiger partial charge >= 0.3 is 0 Å². The molecule has 2 aromatic rings. The van der Waals surface area contributed by atoms with Crippen molar-refractivity contribution in [3.05, 3.63) is 59.2 Å². The molecule has 0 bridgehead atoms. The molecule has 1 N–H and O–H groups in total. The first kappa shape index (κ1) is 27.2. The quantitative estimate of drug-likeness (QED) is 0.523. The second-order valence-electron chi connectivity index (χ2n) is 8.37. The van der Waals surface area contributed by atoms with E-state index in [9.17, 15) is 18.0 Å². The van der Waals surface area contributed by atoms with Gasteiger partial charge in [-0.1, -0.05) is 18.2 Å². The Morgan fingerprint density at radius 2 is 1.71 bits per heavy atom. The van der Waals surface area contributed by atoms with Crippen molar-refractivity contribution in [1.29, 1.82) is 0 Å². The fraction of sp³-hybridized carbons (Fsp3) is 0.440. The number of methoxy groups -OCH3 is 1. The van der Waals surface area contributed by atoms with Gasteiger partial charge in [-0.25, -0.2) is 8.42 Å². The van der Waals surface area contributed by atoms with Gasteiger partial charge < -0.3 is 15.0 Å². The summed E-state index contributed by atoms with van der Waals surface area (Å²) in [4.78, 5) is 27.0. The second kappa shape index (κ2) is 11.9. The van der Waals surface area contributed by atoms with Gasteiger partial charge in [-0.3, -0.25) is 13.9 Å². The Balaban J connectivity index is 2.15. The predicted molar refractivity (Wildman–Crippen MR) is 134 cm³/mol. The molecule has 9 heteroatoms. The number of rotatable bonds is 11. The topological polar surface area (TPSA) is 96.0 Å². The summed E-state index contributed by atoms with van der Waals surface area (Å²) in [7, 11) is -0.412. The van der Waals surface area contributed by atoms with Crippen LogP contribution in [0.3, 0.4) is 0 Å². The van der Waals surface area contributed by atoms with Gasteiger partial charge in [0.2, 0.25) is 21.8 Å².